The maximum absolute atomic E-state index is 13.5. The first-order valence-electron chi connectivity index (χ1n) is 13.1. The summed E-state index contributed by atoms with van der Waals surface area (Å²) in [6, 6.07) is 36.9. The molecular formula is C34H22BrN3O3. The molecule has 0 spiro atoms. The molecule has 7 aromatic rings. The lowest BCUT2D eigenvalue weighted by Crippen LogP contribution is -2.20. The average Bonchev–Trinajstić information content (AvgIpc) is 3.43. The van der Waals surface area contributed by atoms with Crippen molar-refractivity contribution >= 4 is 54.8 Å². The van der Waals surface area contributed by atoms with Gasteiger partial charge in [0.1, 0.15) is 17.9 Å². The van der Waals surface area contributed by atoms with Crippen LogP contribution in [-0.4, -0.2) is 15.9 Å². The quantitative estimate of drug-likeness (QED) is 0.181. The lowest BCUT2D eigenvalue weighted by molar-refractivity contribution is 0.307. The van der Waals surface area contributed by atoms with Crippen LogP contribution in [0.3, 0.4) is 0 Å². The fraction of sp³-hybridized carbons (Fsp3) is 0.0294. The van der Waals surface area contributed by atoms with Gasteiger partial charge in [-0.2, -0.15) is 9.78 Å². The Bertz CT molecular complexity index is 2140. The van der Waals surface area contributed by atoms with Gasteiger partial charge in [-0.15, -0.1) is 0 Å². The number of para-hydroxylation sites is 1. The van der Waals surface area contributed by atoms with Gasteiger partial charge in [0, 0.05) is 9.86 Å². The van der Waals surface area contributed by atoms with E-state index in [1.165, 1.54) is 15.4 Å². The summed E-state index contributed by atoms with van der Waals surface area (Å²) >= 11 is 3.50. The molecule has 2 aromatic heterocycles. The number of rotatable bonds is 6. The number of furan rings is 1. The highest BCUT2D eigenvalue weighted by atomic mass is 79.9. The van der Waals surface area contributed by atoms with Crippen LogP contribution in [0, 0.1) is 0 Å². The van der Waals surface area contributed by atoms with Gasteiger partial charge in [-0.25, -0.2) is 4.98 Å². The summed E-state index contributed by atoms with van der Waals surface area (Å²) < 4.78 is 14.4. The molecule has 198 valence electrons. The molecule has 5 aromatic carbocycles. The number of benzene rings is 5. The maximum Gasteiger partial charge on any atom is 0.282 e. The Balaban J connectivity index is 1.19. The molecule has 0 radical (unpaired) electrons. The molecule has 0 saturated carbocycles. The van der Waals surface area contributed by atoms with Crippen LogP contribution >= 0.6 is 15.9 Å². The van der Waals surface area contributed by atoms with Crippen molar-refractivity contribution in [1.29, 1.82) is 0 Å². The van der Waals surface area contributed by atoms with Crippen molar-refractivity contribution in [3.05, 3.63) is 141 Å². The van der Waals surface area contributed by atoms with Gasteiger partial charge in [-0.3, -0.25) is 4.79 Å². The van der Waals surface area contributed by atoms with E-state index in [1.54, 1.807) is 12.3 Å². The molecular weight excluding hydrogens is 578 g/mol. The molecule has 0 fully saturated rings. The van der Waals surface area contributed by atoms with E-state index in [9.17, 15) is 4.79 Å². The molecule has 0 saturated heterocycles. The molecule has 7 heteroatoms. The van der Waals surface area contributed by atoms with E-state index in [4.69, 9.17) is 14.1 Å². The number of hydrogen-bond acceptors (Lipinski definition) is 5. The number of halogens is 1. The summed E-state index contributed by atoms with van der Waals surface area (Å²) in [5, 5.41) is 8.30. The van der Waals surface area contributed by atoms with Gasteiger partial charge in [0.25, 0.3) is 5.56 Å². The van der Waals surface area contributed by atoms with Gasteiger partial charge in [0.2, 0.25) is 5.82 Å². The number of hydrogen-bond donors (Lipinski definition) is 0. The highest BCUT2D eigenvalue weighted by Crippen LogP contribution is 2.29. The fourth-order valence-corrected chi connectivity index (χ4v) is 5.25. The largest absolute Gasteiger partial charge is 0.489 e. The third-order valence-electron chi connectivity index (χ3n) is 6.93. The summed E-state index contributed by atoms with van der Waals surface area (Å²) in [5.74, 6) is 1.52. The van der Waals surface area contributed by atoms with Crippen molar-refractivity contribution in [2.24, 2.45) is 5.10 Å². The molecule has 41 heavy (non-hydrogen) atoms. The molecule has 6 nitrogen and oxygen atoms in total. The van der Waals surface area contributed by atoms with Crippen LogP contribution in [0.2, 0.25) is 0 Å². The topological polar surface area (TPSA) is 69.6 Å². The summed E-state index contributed by atoms with van der Waals surface area (Å²) in [7, 11) is 0. The minimum Gasteiger partial charge on any atom is -0.489 e. The van der Waals surface area contributed by atoms with E-state index >= 15 is 0 Å². The Kier molecular flexibility index (Phi) is 6.41. The predicted octanol–water partition coefficient (Wildman–Crippen LogP) is 8.19. The minimum absolute atomic E-state index is 0.279. The minimum atomic E-state index is -0.279. The summed E-state index contributed by atoms with van der Waals surface area (Å²) in [4.78, 5) is 18.3. The number of aromatic nitrogens is 2. The second-order valence-corrected chi connectivity index (χ2v) is 10.5. The number of nitrogens with zero attached hydrogens (tertiary/aromatic N) is 3. The molecule has 2 heterocycles. The smallest absolute Gasteiger partial charge is 0.282 e. The molecule has 0 atom stereocenters. The highest BCUT2D eigenvalue weighted by Gasteiger charge is 2.16. The highest BCUT2D eigenvalue weighted by molar-refractivity contribution is 9.10. The van der Waals surface area contributed by atoms with E-state index in [1.807, 2.05) is 84.9 Å². The zero-order chi connectivity index (χ0) is 27.8. The standard InChI is InChI=1S/C34H22BrN3O3/c35-26-14-17-31-25(18-26)19-32(41-31)33-37-30-11-4-3-10-29(30)34(39)38(33)36-20-22-12-15-27(16-13-22)40-21-24-8-5-7-23-6-1-2-9-28(23)24/h1-20H,21H2. The summed E-state index contributed by atoms with van der Waals surface area (Å²) in [6.07, 6.45) is 1.63. The molecule has 0 unspecified atom stereocenters. The molecule has 7 rings (SSSR count). The Morgan fingerprint density at radius 3 is 2.49 bits per heavy atom. The molecule has 0 amide bonds. The molecule has 0 aliphatic heterocycles. The second-order valence-electron chi connectivity index (χ2n) is 9.60. The fourth-order valence-electron chi connectivity index (χ4n) is 4.87. The van der Waals surface area contributed by atoms with Crippen molar-refractivity contribution in [2.45, 2.75) is 6.61 Å². The Morgan fingerprint density at radius 1 is 0.829 bits per heavy atom. The van der Waals surface area contributed by atoms with Gasteiger partial charge in [0.15, 0.2) is 5.76 Å². The summed E-state index contributed by atoms with van der Waals surface area (Å²) in [6.45, 7) is 0.463. The SMILES string of the molecule is O=c1c2ccccc2nc(-c2cc3cc(Br)ccc3o2)n1N=Cc1ccc(OCc2cccc3ccccc23)cc1. The molecule has 0 bridgehead atoms. The Hall–Kier alpha value is -5.01. The van der Waals surface area contributed by atoms with Crippen LogP contribution < -0.4 is 10.3 Å². The van der Waals surface area contributed by atoms with Crippen molar-refractivity contribution in [1.82, 2.24) is 9.66 Å². The zero-order valence-corrected chi connectivity index (χ0v) is 23.3. The monoisotopic (exact) mass is 599 g/mol. The van der Waals surface area contributed by atoms with Gasteiger partial charge in [-0.05, 0) is 82.6 Å². The van der Waals surface area contributed by atoms with Crippen LogP contribution in [0.1, 0.15) is 11.1 Å². The van der Waals surface area contributed by atoms with Crippen LogP contribution in [-0.2, 0) is 6.61 Å². The zero-order valence-electron chi connectivity index (χ0n) is 21.7. The lowest BCUT2D eigenvalue weighted by atomic mass is 10.1. The lowest BCUT2D eigenvalue weighted by Gasteiger charge is -2.09. The third kappa shape index (κ3) is 4.92. The Labute approximate surface area is 243 Å². The number of ether oxygens (including phenoxy) is 1. The van der Waals surface area contributed by atoms with Gasteiger partial charge < -0.3 is 9.15 Å². The van der Waals surface area contributed by atoms with Gasteiger partial charge >= 0.3 is 0 Å². The van der Waals surface area contributed by atoms with Crippen LogP contribution in [0.4, 0.5) is 0 Å². The molecule has 0 N–H and O–H groups in total. The van der Waals surface area contributed by atoms with E-state index in [0.717, 1.165) is 26.7 Å². The van der Waals surface area contributed by atoms with E-state index in [0.29, 0.717) is 34.7 Å². The first-order valence-corrected chi connectivity index (χ1v) is 13.9. The summed E-state index contributed by atoms with van der Waals surface area (Å²) in [5.41, 5.74) is 2.93. The first kappa shape index (κ1) is 25.0. The third-order valence-corrected chi connectivity index (χ3v) is 7.42. The van der Waals surface area contributed by atoms with E-state index < -0.39 is 0 Å². The van der Waals surface area contributed by atoms with Crippen molar-refractivity contribution in [2.75, 3.05) is 0 Å². The molecule has 0 aliphatic rings. The van der Waals surface area contributed by atoms with Crippen molar-refractivity contribution in [3.63, 3.8) is 0 Å². The normalized spacial score (nSPS) is 11.6. The van der Waals surface area contributed by atoms with Crippen molar-refractivity contribution in [3.8, 4) is 17.3 Å². The van der Waals surface area contributed by atoms with Crippen molar-refractivity contribution < 1.29 is 9.15 Å². The second kappa shape index (κ2) is 10.5. The predicted molar refractivity (Wildman–Crippen MR) is 167 cm³/mol. The van der Waals surface area contributed by atoms with Crippen LogP contribution in [0.5, 0.6) is 5.75 Å². The molecule has 0 aliphatic carbocycles. The maximum atomic E-state index is 13.5. The first-order chi connectivity index (χ1) is 20.1. The van der Waals surface area contributed by atoms with E-state index in [-0.39, 0.29) is 5.56 Å². The van der Waals surface area contributed by atoms with Crippen LogP contribution in [0.25, 0.3) is 44.2 Å². The van der Waals surface area contributed by atoms with Crippen LogP contribution in [0.15, 0.2) is 134 Å². The van der Waals surface area contributed by atoms with E-state index in [2.05, 4.69) is 45.3 Å². The number of fused-ring (bicyclic) bond motifs is 3. The average molecular weight is 600 g/mol. The Morgan fingerprint density at radius 2 is 1.61 bits per heavy atom. The van der Waals surface area contributed by atoms with Gasteiger partial charge in [-0.1, -0.05) is 70.5 Å². The van der Waals surface area contributed by atoms with Gasteiger partial charge in [0.05, 0.1) is 17.1 Å².